The first kappa shape index (κ1) is 15.9. The van der Waals surface area contributed by atoms with Crippen LogP contribution in [0.5, 0.6) is 0 Å². The molecule has 3 rings (SSSR count). The summed E-state index contributed by atoms with van der Waals surface area (Å²) in [6, 6.07) is 3.99. The van der Waals surface area contributed by atoms with Gasteiger partial charge >= 0.3 is 0 Å². The van der Waals surface area contributed by atoms with Gasteiger partial charge in [0.05, 0.1) is 16.2 Å². The van der Waals surface area contributed by atoms with Crippen LogP contribution >= 0.6 is 11.6 Å². The summed E-state index contributed by atoms with van der Waals surface area (Å²) >= 11 is 6.22. The van der Waals surface area contributed by atoms with E-state index in [9.17, 15) is 8.78 Å². The van der Waals surface area contributed by atoms with Crippen molar-refractivity contribution in [2.45, 2.75) is 19.3 Å². The number of aromatic amines is 1. The summed E-state index contributed by atoms with van der Waals surface area (Å²) in [5, 5.41) is 1.00. The number of pyridine rings is 1. The fourth-order valence-electron chi connectivity index (χ4n) is 2.79. The van der Waals surface area contributed by atoms with E-state index in [-0.39, 0.29) is 5.52 Å². The van der Waals surface area contributed by atoms with Crippen LogP contribution in [0.1, 0.15) is 18.4 Å². The minimum absolute atomic E-state index is 0.289. The number of nitrogens with one attached hydrogen (secondary N) is 1. The van der Waals surface area contributed by atoms with Crippen molar-refractivity contribution in [3.8, 4) is 11.3 Å². The number of halogens is 3. The Hall–Kier alpha value is -1.98. The highest BCUT2D eigenvalue weighted by atomic mass is 35.5. The maximum absolute atomic E-state index is 14.1. The van der Waals surface area contributed by atoms with Crippen LogP contribution in [0.2, 0.25) is 5.02 Å². The highest BCUT2D eigenvalue weighted by molar-refractivity contribution is 6.33. The molecule has 3 aromatic rings. The molecule has 0 aliphatic rings. The number of nitrogens with two attached hydrogens (primary N) is 1. The number of aromatic nitrogens is 2. The van der Waals surface area contributed by atoms with Gasteiger partial charge in [0, 0.05) is 29.4 Å². The molecule has 0 bridgehead atoms. The summed E-state index contributed by atoms with van der Waals surface area (Å²) in [5.74, 6) is -1.21. The summed E-state index contributed by atoms with van der Waals surface area (Å²) in [6.07, 6.45) is 5.48. The van der Waals surface area contributed by atoms with E-state index in [2.05, 4.69) is 9.97 Å². The maximum atomic E-state index is 14.1. The summed E-state index contributed by atoms with van der Waals surface area (Å²) in [7, 11) is 0. The highest BCUT2D eigenvalue weighted by Crippen LogP contribution is 2.36. The minimum Gasteiger partial charge on any atom is -0.352 e. The van der Waals surface area contributed by atoms with Gasteiger partial charge < -0.3 is 10.7 Å². The topological polar surface area (TPSA) is 54.7 Å². The van der Waals surface area contributed by atoms with Gasteiger partial charge in [-0.2, -0.15) is 0 Å². The van der Waals surface area contributed by atoms with Crippen molar-refractivity contribution in [2.75, 3.05) is 6.54 Å². The van der Waals surface area contributed by atoms with E-state index in [0.717, 1.165) is 30.0 Å². The summed E-state index contributed by atoms with van der Waals surface area (Å²) in [6.45, 7) is 0.580. The van der Waals surface area contributed by atoms with Gasteiger partial charge in [-0.1, -0.05) is 11.6 Å². The molecule has 0 spiro atoms. The number of hydrogen-bond acceptors (Lipinski definition) is 2. The van der Waals surface area contributed by atoms with Crippen LogP contribution < -0.4 is 5.73 Å². The van der Waals surface area contributed by atoms with E-state index in [1.54, 1.807) is 12.3 Å². The molecule has 0 atom stereocenters. The van der Waals surface area contributed by atoms with Crippen LogP contribution in [0.15, 0.2) is 30.6 Å². The molecule has 2 heterocycles. The smallest absolute Gasteiger partial charge is 0.150 e. The van der Waals surface area contributed by atoms with E-state index in [0.29, 0.717) is 29.1 Å². The zero-order chi connectivity index (χ0) is 16.4. The predicted octanol–water partition coefficient (Wildman–Crippen LogP) is 4.44. The molecule has 0 saturated carbocycles. The van der Waals surface area contributed by atoms with Crippen LogP contribution in [-0.2, 0) is 6.42 Å². The van der Waals surface area contributed by atoms with Gasteiger partial charge in [-0.15, -0.1) is 0 Å². The molecule has 23 heavy (non-hydrogen) atoms. The second-order valence-electron chi connectivity index (χ2n) is 5.39. The van der Waals surface area contributed by atoms with Gasteiger partial charge in [0.2, 0.25) is 0 Å². The van der Waals surface area contributed by atoms with E-state index in [1.807, 2.05) is 0 Å². The van der Waals surface area contributed by atoms with Crippen LogP contribution in [0.3, 0.4) is 0 Å². The van der Waals surface area contributed by atoms with Crippen molar-refractivity contribution >= 4 is 22.5 Å². The molecule has 1 aromatic carbocycles. The van der Waals surface area contributed by atoms with Crippen molar-refractivity contribution < 1.29 is 8.78 Å². The van der Waals surface area contributed by atoms with Crippen LogP contribution in [0.4, 0.5) is 8.78 Å². The first-order valence-electron chi connectivity index (χ1n) is 7.41. The molecular formula is C17H16ClF2N3. The van der Waals surface area contributed by atoms with E-state index >= 15 is 0 Å². The SMILES string of the molecule is NCCCCc1c(-c2ccncc2Cl)[nH]c2c(F)cc(F)cc12. The number of rotatable bonds is 5. The van der Waals surface area contributed by atoms with Crippen molar-refractivity contribution in [3.63, 3.8) is 0 Å². The number of aryl methyl sites for hydroxylation is 1. The molecule has 0 radical (unpaired) electrons. The number of nitrogens with zero attached hydrogens (tertiary/aromatic N) is 1. The Morgan fingerprint density at radius 1 is 1.22 bits per heavy atom. The Bertz CT molecular complexity index is 845. The third-order valence-corrected chi connectivity index (χ3v) is 4.16. The average Bonchev–Trinajstić information content (AvgIpc) is 2.87. The molecule has 2 aromatic heterocycles. The quantitative estimate of drug-likeness (QED) is 0.677. The lowest BCUT2D eigenvalue weighted by Crippen LogP contribution is -1.99. The van der Waals surface area contributed by atoms with Crippen LogP contribution in [0, 0.1) is 11.6 Å². The zero-order valence-corrected chi connectivity index (χ0v) is 13.1. The zero-order valence-electron chi connectivity index (χ0n) is 12.4. The molecule has 3 N–H and O–H groups in total. The van der Waals surface area contributed by atoms with Crippen molar-refractivity contribution in [1.29, 1.82) is 0 Å². The molecule has 0 aliphatic carbocycles. The average molecular weight is 336 g/mol. The Morgan fingerprint density at radius 2 is 2.04 bits per heavy atom. The van der Waals surface area contributed by atoms with Gasteiger partial charge in [0.15, 0.2) is 0 Å². The molecule has 0 aliphatic heterocycles. The first-order valence-corrected chi connectivity index (χ1v) is 7.79. The third-order valence-electron chi connectivity index (χ3n) is 3.85. The van der Waals surface area contributed by atoms with E-state index in [1.165, 1.54) is 12.3 Å². The lowest BCUT2D eigenvalue weighted by Gasteiger charge is -2.06. The van der Waals surface area contributed by atoms with E-state index < -0.39 is 11.6 Å². The molecule has 6 heteroatoms. The maximum Gasteiger partial charge on any atom is 0.150 e. The lowest BCUT2D eigenvalue weighted by atomic mass is 10.0. The van der Waals surface area contributed by atoms with Gasteiger partial charge in [-0.05, 0) is 43.5 Å². The molecule has 0 saturated heterocycles. The monoisotopic (exact) mass is 335 g/mol. The molecule has 0 amide bonds. The van der Waals surface area contributed by atoms with Crippen LogP contribution in [0.25, 0.3) is 22.2 Å². The molecule has 0 unspecified atom stereocenters. The Balaban J connectivity index is 2.21. The fourth-order valence-corrected chi connectivity index (χ4v) is 3.00. The van der Waals surface area contributed by atoms with Gasteiger partial charge in [-0.3, -0.25) is 4.98 Å². The number of benzene rings is 1. The molecule has 3 nitrogen and oxygen atoms in total. The number of hydrogen-bond donors (Lipinski definition) is 2. The Morgan fingerprint density at radius 3 is 2.78 bits per heavy atom. The fraction of sp³-hybridized carbons (Fsp3) is 0.235. The largest absolute Gasteiger partial charge is 0.352 e. The van der Waals surface area contributed by atoms with Gasteiger partial charge in [-0.25, -0.2) is 8.78 Å². The standard InChI is InChI=1S/C17H16ClF2N3/c18-14-9-22-6-4-12(14)16-11(3-1-2-5-21)13-7-10(19)8-15(20)17(13)23-16/h4,6-9,23H,1-3,5,21H2. The third kappa shape index (κ3) is 3.07. The lowest BCUT2D eigenvalue weighted by molar-refractivity contribution is 0.591. The van der Waals surface area contributed by atoms with E-state index in [4.69, 9.17) is 17.3 Å². The van der Waals surface area contributed by atoms with Gasteiger partial charge in [0.25, 0.3) is 0 Å². The normalized spacial score (nSPS) is 11.3. The predicted molar refractivity (Wildman–Crippen MR) is 88.4 cm³/mol. The van der Waals surface area contributed by atoms with Crippen LogP contribution in [-0.4, -0.2) is 16.5 Å². The number of H-pyrrole nitrogens is 1. The summed E-state index contributed by atoms with van der Waals surface area (Å²) in [5.41, 5.74) is 8.11. The molecular weight excluding hydrogens is 320 g/mol. The molecule has 0 fully saturated rings. The molecule has 120 valence electrons. The summed E-state index contributed by atoms with van der Waals surface area (Å²) in [4.78, 5) is 7.02. The number of unbranched alkanes of at least 4 members (excludes halogenated alkanes) is 1. The minimum atomic E-state index is -0.614. The van der Waals surface area contributed by atoms with Crippen molar-refractivity contribution in [3.05, 3.63) is 52.8 Å². The van der Waals surface area contributed by atoms with Gasteiger partial charge in [0.1, 0.15) is 11.6 Å². The highest BCUT2D eigenvalue weighted by Gasteiger charge is 2.18. The Kier molecular flexibility index (Phi) is 4.59. The Labute approximate surface area is 137 Å². The second-order valence-corrected chi connectivity index (χ2v) is 5.80. The first-order chi connectivity index (χ1) is 11.1. The van der Waals surface area contributed by atoms with Crippen molar-refractivity contribution in [2.24, 2.45) is 5.73 Å². The number of fused-ring (bicyclic) bond motifs is 1. The van der Waals surface area contributed by atoms with Crippen molar-refractivity contribution in [1.82, 2.24) is 9.97 Å². The summed E-state index contributed by atoms with van der Waals surface area (Å²) < 4.78 is 27.8. The second kappa shape index (κ2) is 6.64.